The Morgan fingerprint density at radius 3 is 3.00 bits per heavy atom. The Bertz CT molecular complexity index is 609. The maximum atomic E-state index is 12.6. The Morgan fingerprint density at radius 1 is 1.33 bits per heavy atom. The van der Waals surface area contributed by atoms with Crippen LogP contribution in [-0.4, -0.2) is 5.78 Å². The Kier molecular flexibility index (Phi) is 2.88. The van der Waals surface area contributed by atoms with Crippen LogP contribution >= 0.6 is 11.3 Å². The summed E-state index contributed by atoms with van der Waals surface area (Å²) in [6.07, 6.45) is 3.43. The molecule has 2 aromatic rings. The van der Waals surface area contributed by atoms with Crippen LogP contribution in [0.2, 0.25) is 0 Å². The lowest BCUT2D eigenvalue weighted by Crippen LogP contribution is -2.11. The third-order valence-electron chi connectivity index (χ3n) is 3.51. The zero-order chi connectivity index (χ0) is 12.5. The smallest absolute Gasteiger partial charge is 0.171 e. The minimum Gasteiger partial charge on any atom is -0.293 e. The van der Waals surface area contributed by atoms with Gasteiger partial charge in [-0.1, -0.05) is 30.3 Å². The second-order valence-electron chi connectivity index (χ2n) is 4.57. The fourth-order valence-corrected chi connectivity index (χ4v) is 3.54. The first kappa shape index (κ1) is 11.4. The molecule has 3 rings (SSSR count). The van der Waals surface area contributed by atoms with Gasteiger partial charge < -0.3 is 0 Å². The molecule has 1 aliphatic carbocycles. The van der Waals surface area contributed by atoms with Crippen molar-refractivity contribution >= 4 is 17.1 Å². The number of carbonyl (C=O) groups excluding carboxylic acids is 1. The molecule has 0 N–H and O–H groups in total. The highest BCUT2D eigenvalue weighted by Gasteiger charge is 2.28. The maximum Gasteiger partial charge on any atom is 0.171 e. The Labute approximate surface area is 111 Å². The molecular weight excluding hydrogens is 240 g/mol. The van der Waals surface area contributed by atoms with Crippen molar-refractivity contribution in [3.8, 4) is 0 Å². The summed E-state index contributed by atoms with van der Waals surface area (Å²) in [5.74, 6) is 0.186. The summed E-state index contributed by atoms with van der Waals surface area (Å²) in [7, 11) is 0. The van der Waals surface area contributed by atoms with E-state index >= 15 is 0 Å². The number of fused-ring (bicyclic) bond motifs is 2. The molecule has 1 atom stereocenters. The van der Waals surface area contributed by atoms with E-state index in [1.807, 2.05) is 29.7 Å². The number of hydrogen-bond donors (Lipinski definition) is 0. The summed E-state index contributed by atoms with van der Waals surface area (Å²) in [5, 5.41) is 2.02. The third-order valence-corrected chi connectivity index (χ3v) is 4.43. The van der Waals surface area contributed by atoms with Crippen molar-refractivity contribution in [3.63, 3.8) is 0 Å². The summed E-state index contributed by atoms with van der Waals surface area (Å²) in [6.45, 7) is 3.79. The van der Waals surface area contributed by atoms with Crippen LogP contribution in [0.4, 0.5) is 0 Å². The van der Waals surface area contributed by atoms with Gasteiger partial charge in [0, 0.05) is 16.9 Å². The summed E-state index contributed by atoms with van der Waals surface area (Å²) < 4.78 is 0. The molecule has 90 valence electrons. The van der Waals surface area contributed by atoms with Crippen molar-refractivity contribution in [2.45, 2.75) is 18.8 Å². The van der Waals surface area contributed by atoms with E-state index in [9.17, 15) is 4.79 Å². The molecule has 1 aromatic carbocycles. The molecular formula is C16H14OS. The quantitative estimate of drug-likeness (QED) is 0.734. The van der Waals surface area contributed by atoms with E-state index in [1.54, 1.807) is 11.3 Å². The van der Waals surface area contributed by atoms with Crippen molar-refractivity contribution in [2.75, 3.05) is 0 Å². The highest BCUT2D eigenvalue weighted by Crippen LogP contribution is 2.35. The highest BCUT2D eigenvalue weighted by atomic mass is 32.1. The lowest BCUT2D eigenvalue weighted by atomic mass is 9.88. The van der Waals surface area contributed by atoms with Crippen molar-refractivity contribution in [3.05, 3.63) is 69.9 Å². The molecule has 1 heterocycles. The number of allylic oxidation sites excluding steroid dienone is 1. The summed E-state index contributed by atoms with van der Waals surface area (Å²) in [6, 6.07) is 10.2. The van der Waals surface area contributed by atoms with Crippen molar-refractivity contribution in [2.24, 2.45) is 0 Å². The average molecular weight is 254 g/mol. The molecule has 0 saturated carbocycles. The third kappa shape index (κ3) is 1.73. The molecule has 0 aliphatic heterocycles. The zero-order valence-corrected chi connectivity index (χ0v) is 10.9. The van der Waals surface area contributed by atoms with E-state index in [1.165, 1.54) is 16.0 Å². The van der Waals surface area contributed by atoms with Crippen LogP contribution < -0.4 is 0 Å². The number of thiophene rings is 1. The minimum absolute atomic E-state index is 0.0606. The number of rotatable bonds is 2. The van der Waals surface area contributed by atoms with Crippen LogP contribution in [0.3, 0.4) is 0 Å². The van der Waals surface area contributed by atoms with Gasteiger partial charge >= 0.3 is 0 Å². The lowest BCUT2D eigenvalue weighted by molar-refractivity contribution is 0.0961. The van der Waals surface area contributed by atoms with E-state index in [2.05, 4.69) is 18.7 Å². The van der Waals surface area contributed by atoms with Crippen molar-refractivity contribution in [1.82, 2.24) is 0 Å². The second-order valence-corrected chi connectivity index (χ2v) is 5.57. The molecule has 0 radical (unpaired) electrons. The van der Waals surface area contributed by atoms with Crippen LogP contribution in [0.15, 0.2) is 48.4 Å². The number of hydrogen-bond acceptors (Lipinski definition) is 2. The largest absolute Gasteiger partial charge is 0.293 e. The fraction of sp³-hybridized carbons (Fsp3) is 0.188. The normalized spacial score (nSPS) is 17.8. The van der Waals surface area contributed by atoms with E-state index in [4.69, 9.17) is 0 Å². The van der Waals surface area contributed by atoms with E-state index in [0.717, 1.165) is 12.0 Å². The molecule has 1 unspecified atom stereocenters. The SMILES string of the molecule is C=CCC1C(=O)c2ccsc2Cc2ccccc21. The number of Topliss-reactive ketones (excluding diaryl/α,β-unsaturated/α-hetero) is 1. The second kappa shape index (κ2) is 4.54. The Hall–Kier alpha value is -1.67. The molecule has 0 amide bonds. The van der Waals surface area contributed by atoms with Crippen LogP contribution in [0.25, 0.3) is 0 Å². The van der Waals surface area contributed by atoms with Crippen LogP contribution in [-0.2, 0) is 6.42 Å². The summed E-state index contributed by atoms with van der Waals surface area (Å²) in [4.78, 5) is 13.8. The molecule has 18 heavy (non-hydrogen) atoms. The molecule has 2 heteroatoms. The molecule has 1 aromatic heterocycles. The standard InChI is InChI=1S/C16H14OS/c1-2-5-13-12-7-4-3-6-11(12)10-15-14(16(13)17)8-9-18-15/h2-4,6-9,13H,1,5,10H2. The van der Waals surface area contributed by atoms with Gasteiger partial charge in [0.25, 0.3) is 0 Å². The molecule has 0 bridgehead atoms. The highest BCUT2D eigenvalue weighted by molar-refractivity contribution is 7.10. The topological polar surface area (TPSA) is 17.1 Å². The fourth-order valence-electron chi connectivity index (χ4n) is 2.63. The molecule has 0 saturated heterocycles. The number of benzene rings is 1. The van der Waals surface area contributed by atoms with E-state index in [0.29, 0.717) is 6.42 Å². The lowest BCUT2D eigenvalue weighted by Gasteiger charge is -2.14. The minimum atomic E-state index is -0.0606. The van der Waals surface area contributed by atoms with Gasteiger partial charge in [0.15, 0.2) is 5.78 Å². The molecule has 0 fully saturated rings. The Balaban J connectivity index is 2.19. The molecule has 1 nitrogen and oxygen atoms in total. The maximum absolute atomic E-state index is 12.6. The van der Waals surface area contributed by atoms with Gasteiger partial charge in [0.05, 0.1) is 5.92 Å². The average Bonchev–Trinajstić information content (AvgIpc) is 2.80. The van der Waals surface area contributed by atoms with Gasteiger partial charge in [-0.05, 0) is 29.0 Å². The van der Waals surface area contributed by atoms with Crippen LogP contribution in [0.1, 0.15) is 38.7 Å². The zero-order valence-electron chi connectivity index (χ0n) is 10.1. The van der Waals surface area contributed by atoms with Gasteiger partial charge in [-0.15, -0.1) is 17.9 Å². The van der Waals surface area contributed by atoms with Crippen molar-refractivity contribution in [1.29, 1.82) is 0 Å². The number of carbonyl (C=O) groups is 1. The predicted molar refractivity (Wildman–Crippen MR) is 75.5 cm³/mol. The Morgan fingerprint density at radius 2 is 2.17 bits per heavy atom. The molecule has 0 spiro atoms. The van der Waals surface area contributed by atoms with Gasteiger partial charge in [0.1, 0.15) is 0 Å². The van der Waals surface area contributed by atoms with Crippen molar-refractivity contribution < 1.29 is 4.79 Å². The van der Waals surface area contributed by atoms with Gasteiger partial charge in [0.2, 0.25) is 0 Å². The van der Waals surface area contributed by atoms with Gasteiger partial charge in [-0.3, -0.25) is 4.79 Å². The molecule has 1 aliphatic rings. The predicted octanol–water partition coefficient (Wildman–Crippen LogP) is 4.19. The van der Waals surface area contributed by atoms with Gasteiger partial charge in [-0.2, -0.15) is 0 Å². The van der Waals surface area contributed by atoms with Gasteiger partial charge in [-0.25, -0.2) is 0 Å². The summed E-state index contributed by atoms with van der Waals surface area (Å²) in [5.41, 5.74) is 3.35. The first-order chi connectivity index (χ1) is 8.81. The van der Waals surface area contributed by atoms with E-state index in [-0.39, 0.29) is 11.7 Å². The number of ketones is 1. The summed E-state index contributed by atoms with van der Waals surface area (Å²) >= 11 is 1.68. The monoisotopic (exact) mass is 254 g/mol. The van der Waals surface area contributed by atoms with E-state index < -0.39 is 0 Å². The van der Waals surface area contributed by atoms with Crippen LogP contribution in [0.5, 0.6) is 0 Å². The first-order valence-electron chi connectivity index (χ1n) is 6.10. The van der Waals surface area contributed by atoms with Crippen LogP contribution in [0, 0.1) is 0 Å². The first-order valence-corrected chi connectivity index (χ1v) is 6.98.